The third-order valence-corrected chi connectivity index (χ3v) is 2.65. The Kier molecular flexibility index (Phi) is 6.21. The highest BCUT2D eigenvalue weighted by Crippen LogP contribution is 2.20. The van der Waals surface area contributed by atoms with E-state index in [1.54, 1.807) is 24.3 Å². The first-order valence-corrected chi connectivity index (χ1v) is 6.54. The lowest BCUT2D eigenvalue weighted by Crippen LogP contribution is -2.27. The highest BCUT2D eigenvalue weighted by Gasteiger charge is 2.18. The number of amides is 1. The third-order valence-electron chi connectivity index (χ3n) is 2.33. The van der Waals surface area contributed by atoms with Crippen LogP contribution in [0.2, 0.25) is 0 Å². The second kappa shape index (κ2) is 7.68. The van der Waals surface area contributed by atoms with Crippen LogP contribution in [0.15, 0.2) is 24.3 Å². The van der Waals surface area contributed by atoms with Gasteiger partial charge in [-0.2, -0.15) is 12.6 Å². The highest BCUT2D eigenvalue weighted by molar-refractivity contribution is 7.80. The number of carbonyl (C=O) groups excluding carboxylic acids is 1. The van der Waals surface area contributed by atoms with Crippen molar-refractivity contribution in [2.75, 3.05) is 11.1 Å². The van der Waals surface area contributed by atoms with Crippen LogP contribution in [-0.2, 0) is 9.59 Å². The largest absolute Gasteiger partial charge is 0.479 e. The standard InChI is InChI=1S/C13H17NO4S/c1-9(15)14-10-4-2-5-11(8-10)18-12(13(16)17)6-3-7-19/h2,4-5,8,12,19H,3,6-7H2,1H3,(H,14,15)(H,16,17). The molecule has 0 saturated heterocycles. The molecule has 2 N–H and O–H groups in total. The number of ether oxygens (including phenoxy) is 1. The topological polar surface area (TPSA) is 75.6 Å². The minimum absolute atomic E-state index is 0.193. The van der Waals surface area contributed by atoms with E-state index in [-0.39, 0.29) is 5.91 Å². The lowest BCUT2D eigenvalue weighted by Gasteiger charge is -2.15. The first kappa shape index (κ1) is 15.4. The number of carbonyl (C=O) groups is 2. The van der Waals surface area contributed by atoms with Gasteiger partial charge >= 0.3 is 5.97 Å². The van der Waals surface area contributed by atoms with Gasteiger partial charge in [0.2, 0.25) is 5.91 Å². The van der Waals surface area contributed by atoms with Gasteiger partial charge < -0.3 is 15.2 Å². The van der Waals surface area contributed by atoms with Crippen molar-refractivity contribution in [3.05, 3.63) is 24.3 Å². The van der Waals surface area contributed by atoms with Crippen molar-refractivity contribution < 1.29 is 19.4 Å². The Morgan fingerprint density at radius 3 is 2.79 bits per heavy atom. The number of rotatable bonds is 7. The van der Waals surface area contributed by atoms with Crippen molar-refractivity contribution in [2.45, 2.75) is 25.9 Å². The van der Waals surface area contributed by atoms with Gasteiger partial charge in [-0.1, -0.05) is 6.07 Å². The van der Waals surface area contributed by atoms with Crippen molar-refractivity contribution in [3.8, 4) is 5.75 Å². The summed E-state index contributed by atoms with van der Waals surface area (Å²) < 4.78 is 5.42. The van der Waals surface area contributed by atoms with Gasteiger partial charge in [-0.3, -0.25) is 4.79 Å². The summed E-state index contributed by atoms with van der Waals surface area (Å²) in [7, 11) is 0. The lowest BCUT2D eigenvalue weighted by atomic mass is 10.2. The van der Waals surface area contributed by atoms with E-state index in [9.17, 15) is 9.59 Å². The maximum Gasteiger partial charge on any atom is 0.344 e. The second-order valence-electron chi connectivity index (χ2n) is 4.02. The molecular formula is C13H17NO4S. The molecule has 19 heavy (non-hydrogen) atoms. The molecular weight excluding hydrogens is 266 g/mol. The van der Waals surface area contributed by atoms with Gasteiger partial charge in [0, 0.05) is 18.7 Å². The quantitative estimate of drug-likeness (QED) is 0.670. The van der Waals surface area contributed by atoms with E-state index in [0.717, 1.165) is 0 Å². The van der Waals surface area contributed by atoms with Crippen molar-refractivity contribution in [1.29, 1.82) is 0 Å². The van der Waals surface area contributed by atoms with Crippen LogP contribution in [-0.4, -0.2) is 28.8 Å². The SMILES string of the molecule is CC(=O)Nc1cccc(OC(CCCS)C(=O)O)c1. The minimum atomic E-state index is -1.01. The first-order valence-electron chi connectivity index (χ1n) is 5.91. The Hall–Kier alpha value is -1.69. The smallest absolute Gasteiger partial charge is 0.344 e. The molecule has 1 aromatic rings. The Labute approximate surface area is 117 Å². The normalized spacial score (nSPS) is 11.7. The fourth-order valence-corrected chi connectivity index (χ4v) is 1.71. The van der Waals surface area contributed by atoms with Crippen LogP contribution in [0.4, 0.5) is 5.69 Å². The maximum atomic E-state index is 11.1. The number of carboxylic acid groups (broad SMARTS) is 1. The van der Waals surface area contributed by atoms with Gasteiger partial charge in [0.25, 0.3) is 0 Å². The van der Waals surface area contributed by atoms with E-state index in [0.29, 0.717) is 30.0 Å². The third kappa shape index (κ3) is 5.65. The van der Waals surface area contributed by atoms with Crippen molar-refractivity contribution >= 4 is 30.2 Å². The number of anilines is 1. The van der Waals surface area contributed by atoms with Crippen LogP contribution in [0, 0.1) is 0 Å². The molecule has 1 aromatic carbocycles. The molecule has 0 aromatic heterocycles. The van der Waals surface area contributed by atoms with Crippen LogP contribution in [0.1, 0.15) is 19.8 Å². The maximum absolute atomic E-state index is 11.1. The number of aliphatic carboxylic acids is 1. The predicted octanol–water partition coefficient (Wildman–Crippen LogP) is 2.19. The van der Waals surface area contributed by atoms with Gasteiger partial charge in [0.05, 0.1) is 0 Å². The molecule has 0 spiro atoms. The highest BCUT2D eigenvalue weighted by atomic mass is 32.1. The van der Waals surface area contributed by atoms with Crippen LogP contribution < -0.4 is 10.1 Å². The molecule has 1 rings (SSSR count). The zero-order chi connectivity index (χ0) is 14.3. The van der Waals surface area contributed by atoms with Crippen molar-refractivity contribution in [1.82, 2.24) is 0 Å². The minimum Gasteiger partial charge on any atom is -0.479 e. The van der Waals surface area contributed by atoms with Crippen LogP contribution in [0.3, 0.4) is 0 Å². The van der Waals surface area contributed by atoms with E-state index < -0.39 is 12.1 Å². The molecule has 1 amide bonds. The summed E-state index contributed by atoms with van der Waals surface area (Å²) in [6.45, 7) is 1.40. The van der Waals surface area contributed by atoms with Gasteiger partial charge in [-0.15, -0.1) is 0 Å². The van der Waals surface area contributed by atoms with E-state index in [1.165, 1.54) is 6.92 Å². The molecule has 0 radical (unpaired) electrons. The molecule has 1 unspecified atom stereocenters. The van der Waals surface area contributed by atoms with Crippen molar-refractivity contribution in [2.24, 2.45) is 0 Å². The first-order chi connectivity index (χ1) is 9.02. The fourth-order valence-electron chi connectivity index (χ4n) is 1.52. The summed E-state index contributed by atoms with van der Waals surface area (Å²) in [5.74, 6) is -0.175. The van der Waals surface area contributed by atoms with Crippen LogP contribution in [0.25, 0.3) is 0 Å². The molecule has 0 heterocycles. The Bertz CT molecular complexity index is 450. The summed E-state index contributed by atoms with van der Waals surface area (Å²) in [5.41, 5.74) is 0.573. The van der Waals surface area contributed by atoms with Crippen LogP contribution >= 0.6 is 12.6 Å². The Morgan fingerprint density at radius 1 is 1.47 bits per heavy atom. The molecule has 5 nitrogen and oxygen atoms in total. The molecule has 104 valence electrons. The fraction of sp³-hybridized carbons (Fsp3) is 0.385. The molecule has 0 aliphatic heterocycles. The average molecular weight is 283 g/mol. The number of benzene rings is 1. The van der Waals surface area contributed by atoms with E-state index in [1.807, 2.05) is 0 Å². The van der Waals surface area contributed by atoms with Crippen molar-refractivity contribution in [3.63, 3.8) is 0 Å². The molecule has 6 heteroatoms. The Balaban J connectivity index is 2.72. The summed E-state index contributed by atoms with van der Waals surface area (Å²) in [5, 5.41) is 11.7. The molecule has 0 saturated carbocycles. The zero-order valence-corrected chi connectivity index (χ0v) is 11.5. The van der Waals surface area contributed by atoms with Crippen LogP contribution in [0.5, 0.6) is 5.75 Å². The molecule has 0 aliphatic rings. The zero-order valence-electron chi connectivity index (χ0n) is 10.6. The monoisotopic (exact) mass is 283 g/mol. The molecule has 1 atom stereocenters. The average Bonchev–Trinajstić information content (AvgIpc) is 2.33. The summed E-state index contributed by atoms with van der Waals surface area (Å²) in [4.78, 5) is 22.0. The number of nitrogens with one attached hydrogen (secondary N) is 1. The van der Waals surface area contributed by atoms with E-state index >= 15 is 0 Å². The summed E-state index contributed by atoms with van der Waals surface area (Å²) in [6, 6.07) is 6.65. The Morgan fingerprint density at radius 2 is 2.21 bits per heavy atom. The predicted molar refractivity (Wildman–Crippen MR) is 75.9 cm³/mol. The second-order valence-corrected chi connectivity index (χ2v) is 4.47. The molecule has 0 fully saturated rings. The van der Waals surface area contributed by atoms with E-state index in [2.05, 4.69) is 17.9 Å². The number of hydrogen-bond donors (Lipinski definition) is 3. The number of carboxylic acids is 1. The van der Waals surface area contributed by atoms with E-state index in [4.69, 9.17) is 9.84 Å². The number of thiol groups is 1. The van der Waals surface area contributed by atoms with Gasteiger partial charge in [-0.25, -0.2) is 4.79 Å². The number of hydrogen-bond acceptors (Lipinski definition) is 4. The van der Waals surface area contributed by atoms with Gasteiger partial charge in [-0.05, 0) is 30.7 Å². The summed E-state index contributed by atoms with van der Waals surface area (Å²) in [6.07, 6.45) is 0.147. The molecule has 0 aliphatic carbocycles. The summed E-state index contributed by atoms with van der Waals surface area (Å²) >= 11 is 4.05. The lowest BCUT2D eigenvalue weighted by molar-refractivity contribution is -0.145. The van der Waals surface area contributed by atoms with Gasteiger partial charge in [0.1, 0.15) is 5.75 Å². The molecule has 0 bridgehead atoms. The van der Waals surface area contributed by atoms with Gasteiger partial charge in [0.15, 0.2) is 6.10 Å².